The van der Waals surface area contributed by atoms with Gasteiger partial charge < -0.3 is 0 Å². The molecule has 2 aliphatic rings. The van der Waals surface area contributed by atoms with Gasteiger partial charge in [-0.15, -0.1) is 0 Å². The summed E-state index contributed by atoms with van der Waals surface area (Å²) in [7, 11) is -6.30. The summed E-state index contributed by atoms with van der Waals surface area (Å²) in [6, 6.07) is 9.69. The van der Waals surface area contributed by atoms with E-state index in [4.69, 9.17) is 0 Å². The van der Waals surface area contributed by atoms with Crippen molar-refractivity contribution in [1.82, 2.24) is 0 Å². The molecule has 0 aliphatic carbocycles. The number of imide groups is 1. The van der Waals surface area contributed by atoms with Gasteiger partial charge >= 0.3 is 204 Å². The summed E-state index contributed by atoms with van der Waals surface area (Å²) in [5.74, 6) is 0.350. The third-order valence-corrected chi connectivity index (χ3v) is 67.6. The molecule has 0 aromatic heterocycles. The predicted molar refractivity (Wildman–Crippen MR) is 153 cm³/mol. The molecule has 3 nitrogen and oxygen atoms in total. The van der Waals surface area contributed by atoms with Crippen molar-refractivity contribution in [2.24, 2.45) is 0 Å². The SMILES string of the molecule is C[Si](C)(C)[CH]([Si](C)(C)C)[Ge]1([CH]([Si](C)(C)C)[Si](C)(C)C)[C@@H]2C(=O)N(c3ccccc3)C(=O)[C@@H]21. The molecular formula is C24H45GeNO2Si4. The van der Waals surface area contributed by atoms with E-state index in [0.717, 1.165) is 13.7 Å². The van der Waals surface area contributed by atoms with Gasteiger partial charge in [-0.25, -0.2) is 0 Å². The fourth-order valence-corrected chi connectivity index (χ4v) is 98.3. The van der Waals surface area contributed by atoms with E-state index in [2.05, 4.69) is 78.6 Å². The first-order valence-corrected chi connectivity index (χ1v) is 31.4. The molecule has 2 saturated heterocycles. The van der Waals surface area contributed by atoms with Crippen LogP contribution in [0.25, 0.3) is 0 Å². The Balaban J connectivity index is 2.27. The van der Waals surface area contributed by atoms with E-state index in [-0.39, 0.29) is 21.3 Å². The van der Waals surface area contributed by atoms with E-state index in [1.807, 2.05) is 30.3 Å². The fraction of sp³-hybridized carbons (Fsp3) is 0.667. The number of carbonyl (C=O) groups excluding carboxylic acids is 2. The van der Waals surface area contributed by atoms with Gasteiger partial charge in [-0.05, 0) is 0 Å². The molecule has 2 amide bonds. The van der Waals surface area contributed by atoms with Crippen LogP contribution in [0.2, 0.25) is 96.1 Å². The molecule has 2 aliphatic heterocycles. The standard InChI is InChI=1S/C24H45GeNO2Si4/c1-29(2,3)23(30(4,5)6)25(24(31(7,8)9)32(10,11)12)19-20(25)22(28)26(21(19)27)18-16-14-13-15-17-18/h13-17,19-20,23-24H,1-12H3/t19-,20+. The number of carbonyl (C=O) groups is 2. The number of amides is 2. The van der Waals surface area contributed by atoms with Gasteiger partial charge in [0.25, 0.3) is 0 Å². The minimum atomic E-state index is -2.92. The number of anilines is 1. The number of nitrogens with zero attached hydrogens (tertiary/aromatic N) is 1. The van der Waals surface area contributed by atoms with Crippen LogP contribution >= 0.6 is 0 Å². The first-order chi connectivity index (χ1) is 14.3. The molecule has 2 heterocycles. The number of hydrogen-bond donors (Lipinski definition) is 0. The third-order valence-electron chi connectivity index (χ3n) is 7.75. The van der Waals surface area contributed by atoms with Crippen molar-refractivity contribution in [2.75, 3.05) is 4.90 Å². The molecule has 0 bridgehead atoms. The molecule has 3 rings (SSSR count). The quantitative estimate of drug-likeness (QED) is 0.264. The average molecular weight is 565 g/mol. The molecule has 2 atom stereocenters. The van der Waals surface area contributed by atoms with Gasteiger partial charge in [-0.2, -0.15) is 0 Å². The summed E-state index contributed by atoms with van der Waals surface area (Å²) in [6.45, 7) is 30.6. The van der Waals surface area contributed by atoms with Crippen LogP contribution in [0.5, 0.6) is 0 Å². The zero-order valence-corrected chi connectivity index (χ0v) is 28.6. The third kappa shape index (κ3) is 4.07. The Hall–Kier alpha value is -0.230. The van der Waals surface area contributed by atoms with Crippen LogP contribution in [0.3, 0.4) is 0 Å². The number of rotatable bonds is 7. The van der Waals surface area contributed by atoms with Crippen molar-refractivity contribution in [3.63, 3.8) is 0 Å². The first-order valence-electron chi connectivity index (χ1n) is 12.2. The summed E-state index contributed by atoms with van der Waals surface area (Å²) in [5, 5.41) is 0. The number of benzene rings is 1. The van der Waals surface area contributed by atoms with E-state index in [1.54, 1.807) is 4.90 Å². The fourth-order valence-electron chi connectivity index (χ4n) is 8.84. The molecule has 1 aromatic carbocycles. The van der Waals surface area contributed by atoms with Crippen LogP contribution in [-0.2, 0) is 9.59 Å². The molecule has 1 aromatic rings. The van der Waals surface area contributed by atoms with Crippen molar-refractivity contribution in [3.05, 3.63) is 30.3 Å². The summed E-state index contributed by atoms with van der Waals surface area (Å²) < 4.78 is 1.66. The van der Waals surface area contributed by atoms with Gasteiger partial charge in [0.1, 0.15) is 0 Å². The van der Waals surface area contributed by atoms with Crippen molar-refractivity contribution in [3.8, 4) is 0 Å². The van der Waals surface area contributed by atoms with Crippen LogP contribution in [0.1, 0.15) is 0 Å². The summed E-state index contributed by atoms with van der Waals surface area (Å²) >= 11 is -2.92. The van der Waals surface area contributed by atoms with Crippen LogP contribution in [0, 0.1) is 0 Å². The van der Waals surface area contributed by atoms with Crippen LogP contribution in [-0.4, -0.2) is 57.4 Å². The molecule has 178 valence electrons. The molecular weight excluding hydrogens is 519 g/mol. The van der Waals surface area contributed by atoms with Crippen molar-refractivity contribution in [1.29, 1.82) is 0 Å². The Morgan fingerprint density at radius 2 is 0.938 bits per heavy atom. The summed E-state index contributed by atoms with van der Waals surface area (Å²) in [4.78, 5) is 29.8. The molecule has 0 saturated carbocycles. The maximum absolute atomic E-state index is 14.1. The van der Waals surface area contributed by atoms with Crippen LogP contribution in [0.4, 0.5) is 5.69 Å². The Morgan fingerprint density at radius 3 is 1.22 bits per heavy atom. The Labute approximate surface area is 203 Å². The second-order valence-electron chi connectivity index (χ2n) is 14.6. The van der Waals surface area contributed by atoms with Gasteiger partial charge in [0.2, 0.25) is 0 Å². The molecule has 0 unspecified atom stereocenters. The van der Waals surface area contributed by atoms with Gasteiger partial charge in [0, 0.05) is 0 Å². The van der Waals surface area contributed by atoms with Gasteiger partial charge in [-0.3, -0.25) is 0 Å². The van der Waals surface area contributed by atoms with Crippen LogP contribution in [0.15, 0.2) is 30.3 Å². The monoisotopic (exact) mass is 565 g/mol. The van der Waals surface area contributed by atoms with E-state index < -0.39 is 45.6 Å². The molecule has 32 heavy (non-hydrogen) atoms. The summed E-state index contributed by atoms with van der Waals surface area (Å²) in [5.41, 5.74) is 0.779. The molecule has 0 N–H and O–H groups in total. The zero-order valence-electron chi connectivity index (χ0n) is 22.5. The summed E-state index contributed by atoms with van der Waals surface area (Å²) in [6.07, 6.45) is 0. The molecule has 2 fully saturated rings. The second kappa shape index (κ2) is 7.90. The predicted octanol–water partition coefficient (Wildman–Crippen LogP) is 7.01. The maximum atomic E-state index is 14.1. The first kappa shape index (κ1) is 26.4. The van der Waals surface area contributed by atoms with E-state index >= 15 is 0 Å². The Kier molecular flexibility index (Phi) is 6.51. The Bertz CT molecular complexity index is 825. The number of para-hydroxylation sites is 1. The normalized spacial score (nSPS) is 23.9. The molecule has 0 spiro atoms. The van der Waals surface area contributed by atoms with E-state index in [0.29, 0.717) is 0 Å². The molecule has 8 heteroatoms. The zero-order chi connectivity index (χ0) is 24.7. The number of fused-ring (bicyclic) bond motifs is 1. The average Bonchev–Trinajstić information content (AvgIpc) is 3.08. The minimum absolute atomic E-state index is 0.0783. The van der Waals surface area contributed by atoms with E-state index in [9.17, 15) is 9.59 Å². The topological polar surface area (TPSA) is 37.4 Å². The Morgan fingerprint density at radius 1 is 0.625 bits per heavy atom. The van der Waals surface area contributed by atoms with Gasteiger partial charge in [0.15, 0.2) is 0 Å². The van der Waals surface area contributed by atoms with Gasteiger partial charge in [-0.1, -0.05) is 0 Å². The van der Waals surface area contributed by atoms with Crippen molar-refractivity contribution in [2.45, 2.75) is 96.1 Å². The van der Waals surface area contributed by atoms with Crippen LogP contribution < -0.4 is 4.90 Å². The van der Waals surface area contributed by atoms with Gasteiger partial charge in [0.05, 0.1) is 0 Å². The van der Waals surface area contributed by atoms with Crippen molar-refractivity contribution >= 4 is 63.1 Å². The second-order valence-corrected chi connectivity index (χ2v) is 51.1. The van der Waals surface area contributed by atoms with Crippen molar-refractivity contribution < 1.29 is 9.59 Å². The molecule has 0 radical (unpaired) electrons. The number of hydrogen-bond acceptors (Lipinski definition) is 2. The van der Waals surface area contributed by atoms with E-state index in [1.165, 1.54) is 0 Å².